The normalized spacial score (nSPS) is 16.6. The molecule has 4 N–H and O–H groups in total. The van der Waals surface area contributed by atoms with Crippen molar-refractivity contribution in [2.45, 2.75) is 32.2 Å². The van der Waals surface area contributed by atoms with Crippen LogP contribution in [0.25, 0.3) is 11.1 Å². The number of hydrogen-bond donors (Lipinski definition) is 2. The lowest BCUT2D eigenvalue weighted by Crippen LogP contribution is -2.48. The third-order valence-electron chi connectivity index (χ3n) is 4.72. The summed E-state index contributed by atoms with van der Waals surface area (Å²) in [5.74, 6) is -0.155. The molecule has 1 saturated heterocycles. The zero-order valence-electron chi connectivity index (χ0n) is 14.7. The van der Waals surface area contributed by atoms with E-state index in [0.717, 1.165) is 25.9 Å². The summed E-state index contributed by atoms with van der Waals surface area (Å²) in [6.07, 6.45) is 1.65. The maximum Gasteiger partial charge on any atom is 0.268 e. The maximum atomic E-state index is 12.1. The molecule has 1 aliphatic heterocycles. The number of aromatic nitrogens is 2. The van der Waals surface area contributed by atoms with E-state index in [0.29, 0.717) is 32.8 Å². The van der Waals surface area contributed by atoms with Crippen LogP contribution in [-0.2, 0) is 0 Å². The van der Waals surface area contributed by atoms with Crippen LogP contribution in [0.5, 0.6) is 0 Å². The molecule has 2 heterocycles. The van der Waals surface area contributed by atoms with Gasteiger partial charge in [-0.05, 0) is 32.8 Å². The SMILES string of the molecule is Cc1nc(N2CCC(C)(N)CC2)nc(C(N)=O)c1-c1cccc(Cl)c1Cl. The van der Waals surface area contributed by atoms with E-state index in [1.54, 1.807) is 25.1 Å². The van der Waals surface area contributed by atoms with Gasteiger partial charge in [-0.25, -0.2) is 9.97 Å². The summed E-state index contributed by atoms with van der Waals surface area (Å²) in [4.78, 5) is 23.2. The van der Waals surface area contributed by atoms with Crippen LogP contribution in [0.1, 0.15) is 35.9 Å². The Kier molecular flexibility index (Phi) is 5.10. The van der Waals surface area contributed by atoms with Crippen LogP contribution in [0.15, 0.2) is 18.2 Å². The standard InChI is InChI=1S/C18H21Cl2N5O/c1-10-13(11-4-3-5-12(19)14(11)20)15(16(21)26)24-17(23-10)25-8-6-18(2,22)7-9-25/h3-5H,6-9,22H2,1-2H3,(H2,21,26). The molecule has 8 heteroatoms. The Morgan fingerprint density at radius 2 is 1.88 bits per heavy atom. The van der Waals surface area contributed by atoms with Crippen LogP contribution in [-0.4, -0.2) is 34.5 Å². The Balaban J connectivity index is 2.08. The maximum absolute atomic E-state index is 12.1. The second kappa shape index (κ2) is 7.02. The zero-order valence-corrected chi connectivity index (χ0v) is 16.2. The fraction of sp³-hybridized carbons (Fsp3) is 0.389. The summed E-state index contributed by atoms with van der Waals surface area (Å²) >= 11 is 12.5. The van der Waals surface area contributed by atoms with Crippen molar-refractivity contribution >= 4 is 35.1 Å². The van der Waals surface area contributed by atoms with E-state index in [4.69, 9.17) is 34.7 Å². The fourth-order valence-electron chi connectivity index (χ4n) is 3.11. The van der Waals surface area contributed by atoms with Gasteiger partial charge < -0.3 is 16.4 Å². The van der Waals surface area contributed by atoms with Gasteiger partial charge in [-0.3, -0.25) is 4.79 Å². The number of nitrogens with zero attached hydrogens (tertiary/aromatic N) is 3. The van der Waals surface area contributed by atoms with Crippen LogP contribution in [0.2, 0.25) is 10.0 Å². The predicted molar refractivity (Wildman–Crippen MR) is 105 cm³/mol. The summed E-state index contributed by atoms with van der Waals surface area (Å²) in [5, 5.41) is 0.731. The monoisotopic (exact) mass is 393 g/mol. The molecule has 0 bridgehead atoms. The number of rotatable bonds is 3. The van der Waals surface area contributed by atoms with Crippen molar-refractivity contribution in [3.8, 4) is 11.1 Å². The van der Waals surface area contributed by atoms with Gasteiger partial charge in [0.2, 0.25) is 5.95 Å². The summed E-state index contributed by atoms with van der Waals surface area (Å²) in [7, 11) is 0. The number of carbonyl (C=O) groups excluding carboxylic acids is 1. The van der Waals surface area contributed by atoms with E-state index in [9.17, 15) is 4.79 Å². The molecule has 1 fully saturated rings. The van der Waals surface area contributed by atoms with E-state index in [-0.39, 0.29) is 11.2 Å². The van der Waals surface area contributed by atoms with E-state index in [1.807, 2.05) is 11.8 Å². The summed E-state index contributed by atoms with van der Waals surface area (Å²) in [6, 6.07) is 5.21. The summed E-state index contributed by atoms with van der Waals surface area (Å²) in [5.41, 5.74) is 13.5. The highest BCUT2D eigenvalue weighted by molar-refractivity contribution is 6.43. The second-order valence-corrected chi connectivity index (χ2v) is 7.72. The quantitative estimate of drug-likeness (QED) is 0.833. The first-order valence-electron chi connectivity index (χ1n) is 8.36. The summed E-state index contributed by atoms with van der Waals surface area (Å²) in [6.45, 7) is 5.29. The molecule has 138 valence electrons. The smallest absolute Gasteiger partial charge is 0.268 e. The van der Waals surface area contributed by atoms with Gasteiger partial charge in [0.15, 0.2) is 0 Å². The van der Waals surface area contributed by atoms with Crippen LogP contribution in [0, 0.1) is 6.92 Å². The largest absolute Gasteiger partial charge is 0.364 e. The number of anilines is 1. The molecule has 0 unspecified atom stereocenters. The van der Waals surface area contributed by atoms with Crippen molar-refractivity contribution < 1.29 is 4.79 Å². The first-order chi connectivity index (χ1) is 12.2. The number of carbonyl (C=O) groups is 1. The molecular weight excluding hydrogens is 373 g/mol. The highest BCUT2D eigenvalue weighted by Crippen LogP contribution is 2.37. The molecule has 0 atom stereocenters. The zero-order chi connectivity index (χ0) is 19.1. The third-order valence-corrected chi connectivity index (χ3v) is 5.54. The third kappa shape index (κ3) is 3.63. The number of piperidine rings is 1. The van der Waals surface area contributed by atoms with Gasteiger partial charge >= 0.3 is 0 Å². The Bertz CT molecular complexity index is 859. The highest BCUT2D eigenvalue weighted by Gasteiger charge is 2.29. The van der Waals surface area contributed by atoms with Crippen molar-refractivity contribution in [2.75, 3.05) is 18.0 Å². The number of hydrogen-bond acceptors (Lipinski definition) is 5. The lowest BCUT2D eigenvalue weighted by Gasteiger charge is -2.37. The number of nitrogens with two attached hydrogens (primary N) is 2. The molecular formula is C18H21Cl2N5O. The number of benzene rings is 1. The van der Waals surface area contributed by atoms with Crippen LogP contribution >= 0.6 is 23.2 Å². The van der Waals surface area contributed by atoms with Crippen LogP contribution < -0.4 is 16.4 Å². The second-order valence-electron chi connectivity index (χ2n) is 6.94. The van der Waals surface area contributed by atoms with Gasteiger partial charge in [-0.1, -0.05) is 35.3 Å². The Labute approximate surface area is 162 Å². The van der Waals surface area contributed by atoms with Crippen molar-refractivity contribution in [3.63, 3.8) is 0 Å². The van der Waals surface area contributed by atoms with Gasteiger partial charge in [0.25, 0.3) is 5.91 Å². The fourth-order valence-corrected chi connectivity index (χ4v) is 3.51. The first-order valence-corrected chi connectivity index (χ1v) is 9.12. The van der Waals surface area contributed by atoms with Gasteiger partial charge in [-0.15, -0.1) is 0 Å². The topological polar surface area (TPSA) is 98.1 Å². The van der Waals surface area contributed by atoms with Crippen molar-refractivity contribution in [2.24, 2.45) is 11.5 Å². The minimum absolute atomic E-state index is 0.137. The average Bonchev–Trinajstić information content (AvgIpc) is 2.57. The molecule has 1 aliphatic rings. The van der Waals surface area contributed by atoms with Gasteiger partial charge in [-0.2, -0.15) is 0 Å². The van der Waals surface area contributed by atoms with E-state index in [1.165, 1.54) is 0 Å². The van der Waals surface area contributed by atoms with Crippen molar-refractivity contribution in [1.29, 1.82) is 0 Å². The molecule has 26 heavy (non-hydrogen) atoms. The molecule has 1 amide bonds. The molecule has 6 nitrogen and oxygen atoms in total. The van der Waals surface area contributed by atoms with Gasteiger partial charge in [0.1, 0.15) is 5.69 Å². The average molecular weight is 394 g/mol. The van der Waals surface area contributed by atoms with E-state index in [2.05, 4.69) is 9.97 Å². The molecule has 0 spiro atoms. The molecule has 2 aromatic rings. The Morgan fingerprint density at radius 3 is 2.50 bits per heavy atom. The molecule has 1 aromatic heterocycles. The van der Waals surface area contributed by atoms with Crippen LogP contribution in [0.3, 0.4) is 0 Å². The molecule has 0 radical (unpaired) electrons. The van der Waals surface area contributed by atoms with Crippen molar-refractivity contribution in [1.82, 2.24) is 9.97 Å². The number of amides is 1. The van der Waals surface area contributed by atoms with Gasteiger partial charge in [0, 0.05) is 29.8 Å². The molecule has 3 rings (SSSR count). The number of halogens is 2. The van der Waals surface area contributed by atoms with Gasteiger partial charge in [0.05, 0.1) is 15.7 Å². The molecule has 1 aromatic carbocycles. The lowest BCUT2D eigenvalue weighted by atomic mass is 9.91. The van der Waals surface area contributed by atoms with E-state index >= 15 is 0 Å². The Hall–Kier alpha value is -1.89. The van der Waals surface area contributed by atoms with E-state index < -0.39 is 5.91 Å². The number of primary amides is 1. The Morgan fingerprint density at radius 1 is 1.23 bits per heavy atom. The van der Waals surface area contributed by atoms with Crippen molar-refractivity contribution in [3.05, 3.63) is 39.6 Å². The lowest BCUT2D eigenvalue weighted by molar-refractivity contribution is 0.0996. The predicted octanol–water partition coefficient (Wildman–Crippen LogP) is 3.18. The van der Waals surface area contributed by atoms with Crippen LogP contribution in [0.4, 0.5) is 5.95 Å². The molecule has 0 aliphatic carbocycles. The minimum atomic E-state index is -0.636. The molecule has 0 saturated carbocycles. The highest BCUT2D eigenvalue weighted by atomic mass is 35.5. The number of aryl methyl sites for hydroxylation is 1. The summed E-state index contributed by atoms with van der Waals surface area (Å²) < 4.78 is 0. The minimum Gasteiger partial charge on any atom is -0.364 e. The first kappa shape index (κ1) is 18.9.